The highest BCUT2D eigenvalue weighted by Gasteiger charge is 2.15. The largest absolute Gasteiger partial charge is 0.504 e. The number of ether oxygens (including phenoxy) is 1. The van der Waals surface area contributed by atoms with Gasteiger partial charge in [-0.25, -0.2) is 4.79 Å². The highest BCUT2D eigenvalue weighted by atomic mass is 16.6. The van der Waals surface area contributed by atoms with Gasteiger partial charge in [-0.15, -0.1) is 0 Å². The summed E-state index contributed by atoms with van der Waals surface area (Å²) < 4.78 is 5.21. The van der Waals surface area contributed by atoms with Gasteiger partial charge in [-0.2, -0.15) is 0 Å². The molecular formula is C19H24N2O4. The zero-order valence-electron chi connectivity index (χ0n) is 14.7. The molecule has 2 aromatic carbocycles. The molecule has 0 bridgehead atoms. The Morgan fingerprint density at radius 2 is 1.72 bits per heavy atom. The van der Waals surface area contributed by atoms with Crippen LogP contribution in [-0.2, 0) is 17.8 Å². The van der Waals surface area contributed by atoms with Crippen LogP contribution in [0.4, 0.5) is 10.5 Å². The second-order valence-electron chi connectivity index (χ2n) is 6.73. The second-order valence-corrected chi connectivity index (χ2v) is 6.73. The average Bonchev–Trinajstić information content (AvgIpc) is 2.53. The normalized spacial score (nSPS) is 11.0. The number of aromatic hydroxyl groups is 2. The van der Waals surface area contributed by atoms with E-state index in [1.165, 1.54) is 12.1 Å². The fourth-order valence-electron chi connectivity index (χ4n) is 2.16. The first kappa shape index (κ1) is 18.4. The SMILES string of the molecule is CC(C)(C)OC(=O)NCc1cccc(NCc2ccc(O)c(O)c2)c1. The van der Waals surface area contributed by atoms with E-state index in [9.17, 15) is 15.0 Å². The Bertz CT molecular complexity index is 738. The van der Waals surface area contributed by atoms with Crippen molar-refractivity contribution in [2.45, 2.75) is 39.5 Å². The maximum atomic E-state index is 11.7. The van der Waals surface area contributed by atoms with Crippen LogP contribution in [0.2, 0.25) is 0 Å². The Balaban J connectivity index is 1.90. The topological polar surface area (TPSA) is 90.8 Å². The molecule has 6 nitrogen and oxygen atoms in total. The molecule has 0 radical (unpaired) electrons. The minimum Gasteiger partial charge on any atom is -0.504 e. The van der Waals surface area contributed by atoms with Gasteiger partial charge in [0.15, 0.2) is 11.5 Å². The van der Waals surface area contributed by atoms with E-state index in [4.69, 9.17) is 4.74 Å². The zero-order chi connectivity index (χ0) is 18.4. The summed E-state index contributed by atoms with van der Waals surface area (Å²) in [6.45, 7) is 6.32. The van der Waals surface area contributed by atoms with Gasteiger partial charge in [0.1, 0.15) is 5.60 Å². The Morgan fingerprint density at radius 3 is 2.40 bits per heavy atom. The number of nitrogens with one attached hydrogen (secondary N) is 2. The summed E-state index contributed by atoms with van der Waals surface area (Å²) in [5.41, 5.74) is 2.14. The summed E-state index contributed by atoms with van der Waals surface area (Å²) in [5.74, 6) is -0.284. The molecule has 0 fully saturated rings. The molecule has 0 heterocycles. The minimum atomic E-state index is -0.525. The van der Waals surface area contributed by atoms with Crippen molar-refractivity contribution in [1.29, 1.82) is 0 Å². The number of alkyl carbamates (subject to hydrolysis) is 1. The summed E-state index contributed by atoms with van der Waals surface area (Å²) in [6, 6.07) is 12.3. The Labute approximate surface area is 147 Å². The van der Waals surface area contributed by atoms with Crippen molar-refractivity contribution in [3.05, 3.63) is 53.6 Å². The number of rotatable bonds is 5. The molecular weight excluding hydrogens is 320 g/mol. The number of hydrogen-bond acceptors (Lipinski definition) is 5. The first-order valence-corrected chi connectivity index (χ1v) is 8.03. The van der Waals surface area contributed by atoms with Crippen LogP contribution in [0, 0.1) is 0 Å². The van der Waals surface area contributed by atoms with Crippen LogP contribution in [-0.4, -0.2) is 21.9 Å². The van der Waals surface area contributed by atoms with E-state index in [1.54, 1.807) is 6.07 Å². The molecule has 0 atom stereocenters. The first-order chi connectivity index (χ1) is 11.7. The van der Waals surface area contributed by atoms with Crippen LogP contribution in [0.1, 0.15) is 31.9 Å². The fourth-order valence-corrected chi connectivity index (χ4v) is 2.16. The number of phenols is 2. The maximum absolute atomic E-state index is 11.7. The Kier molecular flexibility index (Phi) is 5.75. The first-order valence-electron chi connectivity index (χ1n) is 8.03. The summed E-state index contributed by atoms with van der Waals surface area (Å²) >= 11 is 0. The summed E-state index contributed by atoms with van der Waals surface area (Å²) in [4.78, 5) is 11.7. The predicted octanol–water partition coefficient (Wildman–Crippen LogP) is 3.73. The minimum absolute atomic E-state index is 0.140. The van der Waals surface area contributed by atoms with Crippen molar-refractivity contribution >= 4 is 11.8 Å². The number of amides is 1. The van der Waals surface area contributed by atoms with Crippen LogP contribution in [0.25, 0.3) is 0 Å². The van der Waals surface area contributed by atoms with Gasteiger partial charge in [-0.1, -0.05) is 18.2 Å². The number of phenolic OH excluding ortho intramolecular Hbond substituents is 2. The highest BCUT2D eigenvalue weighted by molar-refractivity contribution is 5.67. The van der Waals surface area contributed by atoms with Gasteiger partial charge in [-0.3, -0.25) is 0 Å². The summed E-state index contributed by atoms with van der Waals surface area (Å²) in [6.07, 6.45) is -0.453. The second kappa shape index (κ2) is 7.79. The molecule has 2 rings (SSSR count). The lowest BCUT2D eigenvalue weighted by Crippen LogP contribution is -2.32. The molecule has 0 saturated carbocycles. The molecule has 0 unspecified atom stereocenters. The molecule has 6 heteroatoms. The molecule has 25 heavy (non-hydrogen) atoms. The van der Waals surface area contributed by atoms with E-state index in [0.29, 0.717) is 13.1 Å². The smallest absolute Gasteiger partial charge is 0.407 e. The molecule has 0 aliphatic carbocycles. The molecule has 0 aliphatic heterocycles. The van der Waals surface area contributed by atoms with Crippen LogP contribution in [0.15, 0.2) is 42.5 Å². The molecule has 0 aliphatic rings. The monoisotopic (exact) mass is 344 g/mol. The third-order valence-corrected chi connectivity index (χ3v) is 3.30. The average molecular weight is 344 g/mol. The lowest BCUT2D eigenvalue weighted by atomic mass is 10.1. The van der Waals surface area contributed by atoms with Crippen molar-refractivity contribution in [2.75, 3.05) is 5.32 Å². The molecule has 2 aromatic rings. The lowest BCUT2D eigenvalue weighted by molar-refractivity contribution is 0.0523. The van der Waals surface area contributed by atoms with Gasteiger partial charge in [0.25, 0.3) is 0 Å². The van der Waals surface area contributed by atoms with Gasteiger partial charge >= 0.3 is 6.09 Å². The van der Waals surface area contributed by atoms with Crippen molar-refractivity contribution in [1.82, 2.24) is 5.32 Å². The van der Waals surface area contributed by atoms with Gasteiger partial charge in [0.2, 0.25) is 0 Å². The number of carbonyl (C=O) groups excluding carboxylic acids is 1. The van der Waals surface area contributed by atoms with Crippen LogP contribution in [0.3, 0.4) is 0 Å². The zero-order valence-corrected chi connectivity index (χ0v) is 14.7. The standard InChI is InChI=1S/C19H24N2O4/c1-19(2,3)25-18(24)21-12-13-5-4-6-15(9-13)20-11-14-7-8-16(22)17(23)10-14/h4-10,20,22-23H,11-12H2,1-3H3,(H,21,24). The van der Waals surface area contributed by atoms with Gasteiger partial charge in [0, 0.05) is 18.8 Å². The molecule has 0 aromatic heterocycles. The number of anilines is 1. The fraction of sp³-hybridized carbons (Fsp3) is 0.316. The predicted molar refractivity (Wildman–Crippen MR) is 96.6 cm³/mol. The molecule has 0 spiro atoms. The molecule has 4 N–H and O–H groups in total. The summed E-state index contributed by atoms with van der Waals surface area (Å²) in [7, 11) is 0. The number of hydrogen-bond donors (Lipinski definition) is 4. The Morgan fingerprint density at radius 1 is 1.00 bits per heavy atom. The number of benzene rings is 2. The van der Waals surface area contributed by atoms with Gasteiger partial charge in [0.05, 0.1) is 0 Å². The molecule has 134 valence electrons. The van der Waals surface area contributed by atoms with Crippen molar-refractivity contribution < 1.29 is 19.7 Å². The van der Waals surface area contributed by atoms with E-state index in [0.717, 1.165) is 16.8 Å². The van der Waals surface area contributed by atoms with Crippen LogP contribution >= 0.6 is 0 Å². The third kappa shape index (κ3) is 6.25. The van der Waals surface area contributed by atoms with Crippen molar-refractivity contribution in [3.63, 3.8) is 0 Å². The van der Waals surface area contributed by atoms with Crippen LogP contribution in [0.5, 0.6) is 11.5 Å². The van der Waals surface area contributed by atoms with Crippen LogP contribution < -0.4 is 10.6 Å². The van der Waals surface area contributed by atoms with E-state index in [2.05, 4.69) is 10.6 Å². The van der Waals surface area contributed by atoms with Crippen molar-refractivity contribution in [3.8, 4) is 11.5 Å². The van der Waals surface area contributed by atoms with Crippen molar-refractivity contribution in [2.24, 2.45) is 0 Å². The molecule has 0 saturated heterocycles. The molecule has 1 amide bonds. The third-order valence-electron chi connectivity index (χ3n) is 3.30. The van der Waals surface area contributed by atoms with E-state index < -0.39 is 11.7 Å². The Hall–Kier alpha value is -2.89. The van der Waals surface area contributed by atoms with E-state index >= 15 is 0 Å². The number of carbonyl (C=O) groups is 1. The quantitative estimate of drug-likeness (QED) is 0.620. The highest BCUT2D eigenvalue weighted by Crippen LogP contribution is 2.25. The maximum Gasteiger partial charge on any atom is 0.407 e. The van der Waals surface area contributed by atoms with E-state index in [1.807, 2.05) is 45.0 Å². The van der Waals surface area contributed by atoms with Gasteiger partial charge in [-0.05, 0) is 56.2 Å². The van der Waals surface area contributed by atoms with E-state index in [-0.39, 0.29) is 11.5 Å². The lowest BCUT2D eigenvalue weighted by Gasteiger charge is -2.19. The summed E-state index contributed by atoms with van der Waals surface area (Å²) in [5, 5.41) is 24.8. The van der Waals surface area contributed by atoms with Gasteiger partial charge < -0.3 is 25.6 Å².